The van der Waals surface area contributed by atoms with E-state index in [1.807, 2.05) is 80.2 Å². The fourth-order valence-corrected chi connectivity index (χ4v) is 3.71. The van der Waals surface area contributed by atoms with E-state index in [0.717, 1.165) is 51.2 Å². The van der Waals surface area contributed by atoms with Crippen molar-refractivity contribution < 1.29 is 4.79 Å². The van der Waals surface area contributed by atoms with E-state index in [1.165, 1.54) is 0 Å². The molecular weight excluding hydrogens is 360 g/mol. The minimum absolute atomic E-state index is 0.136. The van der Waals surface area contributed by atoms with Crippen LogP contribution in [0.2, 0.25) is 0 Å². The van der Waals surface area contributed by atoms with E-state index < -0.39 is 0 Å². The van der Waals surface area contributed by atoms with Crippen molar-refractivity contribution in [2.75, 3.05) is 5.32 Å². The third-order valence-electron chi connectivity index (χ3n) is 5.36. The lowest BCUT2D eigenvalue weighted by atomic mass is 10.0. The fourth-order valence-electron chi connectivity index (χ4n) is 3.71. The topological polar surface area (TPSA) is 59.8 Å². The summed E-state index contributed by atoms with van der Waals surface area (Å²) in [4.78, 5) is 18.1. The average molecular weight is 384 g/mol. The van der Waals surface area contributed by atoms with Gasteiger partial charge in [-0.3, -0.25) is 9.48 Å². The highest BCUT2D eigenvalue weighted by atomic mass is 16.1. The Morgan fingerprint density at radius 1 is 1.03 bits per heavy atom. The number of rotatable bonds is 4. The van der Waals surface area contributed by atoms with Crippen molar-refractivity contribution in [3.05, 3.63) is 77.1 Å². The molecule has 0 bridgehead atoms. The van der Waals surface area contributed by atoms with Crippen LogP contribution in [0.15, 0.2) is 54.7 Å². The van der Waals surface area contributed by atoms with Gasteiger partial charge in [0, 0.05) is 28.9 Å². The smallest absolute Gasteiger partial charge is 0.256 e. The number of para-hydroxylation sites is 2. The fraction of sp³-hybridized carbons (Fsp3) is 0.208. The van der Waals surface area contributed by atoms with E-state index in [-0.39, 0.29) is 5.91 Å². The molecule has 0 atom stereocenters. The molecule has 29 heavy (non-hydrogen) atoms. The number of carbonyl (C=O) groups is 1. The van der Waals surface area contributed by atoms with Crippen LogP contribution in [0.5, 0.6) is 0 Å². The summed E-state index contributed by atoms with van der Waals surface area (Å²) < 4.78 is 1.93. The van der Waals surface area contributed by atoms with E-state index >= 15 is 0 Å². The third-order valence-corrected chi connectivity index (χ3v) is 5.36. The second-order valence-corrected chi connectivity index (χ2v) is 7.25. The molecule has 0 spiro atoms. The lowest BCUT2D eigenvalue weighted by Crippen LogP contribution is -2.15. The van der Waals surface area contributed by atoms with Crippen molar-refractivity contribution in [2.45, 2.75) is 34.2 Å². The van der Waals surface area contributed by atoms with E-state index in [4.69, 9.17) is 4.98 Å². The van der Waals surface area contributed by atoms with E-state index in [2.05, 4.69) is 17.3 Å². The van der Waals surface area contributed by atoms with Crippen molar-refractivity contribution in [1.82, 2.24) is 14.8 Å². The molecule has 0 saturated carbocycles. The summed E-state index contributed by atoms with van der Waals surface area (Å²) >= 11 is 0. The number of carbonyl (C=O) groups excluding carboxylic acids is 1. The first kappa shape index (κ1) is 18.9. The Morgan fingerprint density at radius 3 is 2.45 bits per heavy atom. The Labute approximate surface area is 170 Å². The zero-order valence-electron chi connectivity index (χ0n) is 17.2. The van der Waals surface area contributed by atoms with Gasteiger partial charge in [-0.1, -0.05) is 36.4 Å². The number of aryl methyl sites for hydroxylation is 3. The minimum atomic E-state index is -0.136. The molecule has 0 unspecified atom stereocenters. The van der Waals surface area contributed by atoms with Gasteiger partial charge in [-0.2, -0.15) is 5.10 Å². The number of pyridine rings is 1. The molecule has 0 aliphatic carbocycles. The van der Waals surface area contributed by atoms with Gasteiger partial charge in [0.25, 0.3) is 5.91 Å². The predicted molar refractivity (Wildman–Crippen MR) is 117 cm³/mol. The number of anilines is 1. The van der Waals surface area contributed by atoms with E-state index in [0.29, 0.717) is 5.56 Å². The minimum Gasteiger partial charge on any atom is -0.321 e. The maximum Gasteiger partial charge on any atom is 0.256 e. The van der Waals surface area contributed by atoms with Crippen molar-refractivity contribution in [3.63, 3.8) is 0 Å². The Morgan fingerprint density at radius 2 is 1.76 bits per heavy atom. The van der Waals surface area contributed by atoms with Crippen LogP contribution in [0.4, 0.5) is 5.69 Å². The summed E-state index contributed by atoms with van der Waals surface area (Å²) in [5.74, 6) is -0.136. The van der Waals surface area contributed by atoms with Crippen LogP contribution < -0.4 is 5.32 Å². The number of fused-ring (bicyclic) bond motifs is 1. The Hall–Kier alpha value is -3.47. The summed E-state index contributed by atoms with van der Waals surface area (Å²) in [7, 11) is 0. The van der Waals surface area contributed by atoms with Crippen LogP contribution in [0.25, 0.3) is 22.2 Å². The number of hydrogen-bond acceptors (Lipinski definition) is 3. The van der Waals surface area contributed by atoms with Crippen LogP contribution in [0.1, 0.15) is 34.1 Å². The molecule has 1 amide bonds. The van der Waals surface area contributed by atoms with Gasteiger partial charge in [0.05, 0.1) is 23.0 Å². The van der Waals surface area contributed by atoms with E-state index in [9.17, 15) is 4.79 Å². The lowest BCUT2D eigenvalue weighted by molar-refractivity contribution is 0.102. The summed E-state index contributed by atoms with van der Waals surface area (Å²) in [5.41, 5.74) is 7.07. The highest BCUT2D eigenvalue weighted by Gasteiger charge is 2.17. The second-order valence-electron chi connectivity index (χ2n) is 7.25. The van der Waals surface area contributed by atoms with Crippen molar-refractivity contribution >= 4 is 22.5 Å². The molecule has 146 valence electrons. The van der Waals surface area contributed by atoms with Crippen molar-refractivity contribution in [3.8, 4) is 11.3 Å². The standard InChI is InChI=1S/C24H24N4O/c1-5-28-17(4)20(14-25-28)22-13-19(18-11-6-7-12-21(18)26-22)24(29)27-23-15(2)9-8-10-16(23)3/h6-14H,5H2,1-4H3,(H,27,29). The van der Waals surface area contributed by atoms with Crippen LogP contribution in [0, 0.1) is 20.8 Å². The summed E-state index contributed by atoms with van der Waals surface area (Å²) in [6.07, 6.45) is 1.82. The number of benzene rings is 2. The molecule has 0 fully saturated rings. The predicted octanol–water partition coefficient (Wildman–Crippen LogP) is 5.30. The second kappa shape index (κ2) is 7.51. The maximum absolute atomic E-state index is 13.3. The SMILES string of the molecule is CCn1ncc(-c2cc(C(=O)Nc3c(C)cccc3C)c3ccccc3n2)c1C. The molecule has 1 N–H and O–H groups in total. The number of nitrogens with zero attached hydrogens (tertiary/aromatic N) is 3. The Balaban J connectivity index is 1.85. The molecular formula is C24H24N4O. The van der Waals surface area contributed by atoms with Gasteiger partial charge < -0.3 is 5.32 Å². The summed E-state index contributed by atoms with van der Waals surface area (Å²) in [6, 6.07) is 15.6. The highest BCUT2D eigenvalue weighted by molar-refractivity contribution is 6.13. The molecule has 2 heterocycles. The number of amides is 1. The van der Waals surface area contributed by atoms with Crippen LogP contribution in [-0.2, 0) is 6.54 Å². The molecule has 0 radical (unpaired) electrons. The van der Waals surface area contributed by atoms with E-state index in [1.54, 1.807) is 0 Å². The normalized spacial score (nSPS) is 11.0. The lowest BCUT2D eigenvalue weighted by Gasteiger charge is -2.14. The molecule has 4 aromatic rings. The third kappa shape index (κ3) is 3.40. The Kier molecular flexibility index (Phi) is 4.89. The van der Waals surface area contributed by atoms with Gasteiger partial charge in [0.1, 0.15) is 0 Å². The van der Waals surface area contributed by atoms with Crippen LogP contribution in [0.3, 0.4) is 0 Å². The van der Waals surface area contributed by atoms with Gasteiger partial charge in [-0.05, 0) is 51.0 Å². The molecule has 2 aromatic carbocycles. The van der Waals surface area contributed by atoms with Gasteiger partial charge in [0.15, 0.2) is 0 Å². The van der Waals surface area contributed by atoms with Crippen LogP contribution in [-0.4, -0.2) is 20.7 Å². The van der Waals surface area contributed by atoms with Gasteiger partial charge in [-0.25, -0.2) is 4.98 Å². The molecule has 5 nitrogen and oxygen atoms in total. The zero-order valence-corrected chi connectivity index (χ0v) is 17.2. The summed E-state index contributed by atoms with van der Waals surface area (Å²) in [6.45, 7) is 8.88. The van der Waals surface area contributed by atoms with Gasteiger partial charge >= 0.3 is 0 Å². The summed E-state index contributed by atoms with van der Waals surface area (Å²) in [5, 5.41) is 8.38. The Bertz CT molecular complexity index is 1200. The van der Waals surface area contributed by atoms with Gasteiger partial charge in [-0.15, -0.1) is 0 Å². The average Bonchev–Trinajstić information content (AvgIpc) is 3.10. The van der Waals surface area contributed by atoms with Gasteiger partial charge in [0.2, 0.25) is 0 Å². The van der Waals surface area contributed by atoms with Crippen molar-refractivity contribution in [2.24, 2.45) is 0 Å². The molecule has 4 rings (SSSR count). The first-order valence-corrected chi connectivity index (χ1v) is 9.79. The highest BCUT2D eigenvalue weighted by Crippen LogP contribution is 2.28. The quantitative estimate of drug-likeness (QED) is 0.520. The first-order chi connectivity index (χ1) is 14.0. The molecule has 2 aromatic heterocycles. The maximum atomic E-state index is 13.3. The molecule has 0 aliphatic heterocycles. The number of nitrogens with one attached hydrogen (secondary N) is 1. The molecule has 0 aliphatic rings. The first-order valence-electron chi connectivity index (χ1n) is 9.79. The largest absolute Gasteiger partial charge is 0.321 e. The number of hydrogen-bond donors (Lipinski definition) is 1. The molecule has 5 heteroatoms. The molecule has 0 saturated heterocycles. The van der Waals surface area contributed by atoms with Crippen LogP contribution >= 0.6 is 0 Å². The monoisotopic (exact) mass is 384 g/mol. The zero-order chi connectivity index (χ0) is 20.5. The number of aromatic nitrogens is 3. The van der Waals surface area contributed by atoms with Crippen molar-refractivity contribution in [1.29, 1.82) is 0 Å².